The standard InChI is InChI=1S/C21H21Cl2NO6S/c1-29-10-2-4-11(5-3-10)31-15-8-24(17-13(23)7-6-12(22)16(15)17)21-20(28)19(27)18(26)14(9-25)30-21/h2-8,14,18-21,25-28H,9H2,1H3/t14-,18-,19+,20-,21-/m1/s1. The highest BCUT2D eigenvalue weighted by molar-refractivity contribution is 7.99. The van der Waals surface area contributed by atoms with Crippen LogP contribution >= 0.6 is 35.0 Å². The number of methoxy groups -OCH3 is 1. The Balaban J connectivity index is 1.81. The van der Waals surface area contributed by atoms with Gasteiger partial charge in [0, 0.05) is 21.4 Å². The van der Waals surface area contributed by atoms with Crippen LogP contribution in [0.1, 0.15) is 6.23 Å². The number of benzene rings is 2. The molecule has 4 rings (SSSR count). The van der Waals surface area contributed by atoms with Crippen molar-refractivity contribution in [3.05, 3.63) is 52.6 Å². The summed E-state index contributed by atoms with van der Waals surface area (Å²) in [6.45, 7) is -0.525. The van der Waals surface area contributed by atoms with Crippen LogP contribution in [0.4, 0.5) is 0 Å². The van der Waals surface area contributed by atoms with Gasteiger partial charge in [-0.3, -0.25) is 0 Å². The van der Waals surface area contributed by atoms with Gasteiger partial charge < -0.3 is 34.5 Å². The molecule has 10 heteroatoms. The fraction of sp³-hybridized carbons (Fsp3) is 0.333. The molecule has 1 fully saturated rings. The van der Waals surface area contributed by atoms with Crippen LogP contribution in [0.15, 0.2) is 52.4 Å². The summed E-state index contributed by atoms with van der Waals surface area (Å²) >= 11 is 14.4. The van der Waals surface area contributed by atoms with Crippen molar-refractivity contribution in [3.63, 3.8) is 0 Å². The maximum atomic E-state index is 10.6. The summed E-state index contributed by atoms with van der Waals surface area (Å²) in [7, 11) is 1.60. The number of hydrogen-bond donors (Lipinski definition) is 4. The first-order chi connectivity index (χ1) is 14.8. The Morgan fingerprint density at radius 1 is 1.00 bits per heavy atom. The Hall–Kier alpha value is -1.49. The van der Waals surface area contributed by atoms with E-state index in [4.69, 9.17) is 32.7 Å². The quantitative estimate of drug-likeness (QED) is 0.440. The molecule has 4 N–H and O–H groups in total. The van der Waals surface area contributed by atoms with E-state index in [1.54, 1.807) is 30.0 Å². The lowest BCUT2D eigenvalue weighted by Gasteiger charge is -2.40. The maximum Gasteiger partial charge on any atom is 0.163 e. The third kappa shape index (κ3) is 4.15. The average molecular weight is 486 g/mol. The number of hydrogen-bond acceptors (Lipinski definition) is 7. The molecule has 0 amide bonds. The molecule has 0 radical (unpaired) electrons. The van der Waals surface area contributed by atoms with Crippen LogP contribution < -0.4 is 4.74 Å². The molecule has 1 aliphatic heterocycles. The van der Waals surface area contributed by atoms with E-state index in [0.29, 0.717) is 20.9 Å². The predicted molar refractivity (Wildman–Crippen MR) is 118 cm³/mol. The number of ether oxygens (including phenoxy) is 2. The molecular weight excluding hydrogens is 465 g/mol. The van der Waals surface area contributed by atoms with E-state index in [1.165, 1.54) is 11.8 Å². The molecule has 0 spiro atoms. The lowest BCUT2D eigenvalue weighted by Crippen LogP contribution is -2.56. The second-order valence-corrected chi connectivity index (χ2v) is 9.08. The maximum absolute atomic E-state index is 10.6. The molecule has 7 nitrogen and oxygen atoms in total. The number of rotatable bonds is 5. The number of aromatic nitrogens is 1. The molecule has 1 aliphatic rings. The number of fused-ring (bicyclic) bond motifs is 1. The highest BCUT2D eigenvalue weighted by atomic mass is 35.5. The number of aliphatic hydroxyl groups excluding tert-OH is 4. The Labute approximate surface area is 192 Å². The summed E-state index contributed by atoms with van der Waals surface area (Å²) in [6.07, 6.45) is -4.84. The zero-order chi connectivity index (χ0) is 22.3. The van der Waals surface area contributed by atoms with Crippen LogP contribution in [0.3, 0.4) is 0 Å². The Kier molecular flexibility index (Phi) is 6.71. The van der Waals surface area contributed by atoms with Crippen molar-refractivity contribution < 1.29 is 29.9 Å². The van der Waals surface area contributed by atoms with Gasteiger partial charge in [-0.2, -0.15) is 0 Å². The monoisotopic (exact) mass is 485 g/mol. The van der Waals surface area contributed by atoms with Gasteiger partial charge in [0.15, 0.2) is 6.23 Å². The minimum absolute atomic E-state index is 0.373. The third-order valence-corrected chi connectivity index (χ3v) is 6.92. The topological polar surface area (TPSA) is 104 Å². The van der Waals surface area contributed by atoms with Crippen LogP contribution in [-0.2, 0) is 4.74 Å². The van der Waals surface area contributed by atoms with E-state index in [1.807, 2.05) is 24.3 Å². The normalized spacial score (nSPS) is 26.4. The average Bonchev–Trinajstić information content (AvgIpc) is 3.15. The number of halogens is 2. The van der Waals surface area contributed by atoms with Gasteiger partial charge in [-0.1, -0.05) is 35.0 Å². The molecule has 2 heterocycles. The molecule has 0 unspecified atom stereocenters. The zero-order valence-corrected chi connectivity index (χ0v) is 18.7. The summed E-state index contributed by atoms with van der Waals surface area (Å²) in [5.41, 5.74) is 0.509. The first-order valence-electron chi connectivity index (χ1n) is 9.46. The molecule has 31 heavy (non-hydrogen) atoms. The largest absolute Gasteiger partial charge is 0.497 e. The van der Waals surface area contributed by atoms with E-state index < -0.39 is 37.3 Å². The fourth-order valence-corrected chi connectivity index (χ4v) is 5.21. The second-order valence-electron chi connectivity index (χ2n) is 7.15. The minimum Gasteiger partial charge on any atom is -0.497 e. The molecule has 166 valence electrons. The smallest absolute Gasteiger partial charge is 0.163 e. The lowest BCUT2D eigenvalue weighted by atomic mass is 9.98. The van der Waals surface area contributed by atoms with Crippen LogP contribution in [0.5, 0.6) is 5.75 Å². The number of nitrogens with zero attached hydrogens (tertiary/aromatic N) is 1. The van der Waals surface area contributed by atoms with Crippen LogP contribution in [-0.4, -0.2) is 63.1 Å². The highest BCUT2D eigenvalue weighted by Gasteiger charge is 2.44. The fourth-order valence-electron chi connectivity index (χ4n) is 3.64. The molecule has 0 bridgehead atoms. The van der Waals surface area contributed by atoms with Crippen LogP contribution in [0.2, 0.25) is 10.0 Å². The van der Waals surface area contributed by atoms with E-state index in [2.05, 4.69) is 0 Å². The molecule has 2 aromatic carbocycles. The van der Waals surface area contributed by atoms with Gasteiger partial charge in [0.1, 0.15) is 30.2 Å². The SMILES string of the molecule is COc1ccc(Sc2cn([C@@H]3O[C@H](CO)[C@@H](O)[C@H](O)[C@H]3O)c3c(Cl)ccc(Cl)c23)cc1. The van der Waals surface area contributed by atoms with E-state index in [0.717, 1.165) is 15.5 Å². The molecule has 0 saturated carbocycles. The van der Waals surface area contributed by atoms with Gasteiger partial charge in [-0.05, 0) is 36.4 Å². The Morgan fingerprint density at radius 2 is 1.68 bits per heavy atom. The van der Waals surface area contributed by atoms with Crippen LogP contribution in [0, 0.1) is 0 Å². The molecule has 5 atom stereocenters. The Bertz CT molecular complexity index is 1070. The van der Waals surface area contributed by atoms with E-state index >= 15 is 0 Å². The van der Waals surface area contributed by atoms with Gasteiger partial charge in [-0.25, -0.2) is 0 Å². The van der Waals surface area contributed by atoms with Crippen molar-refractivity contribution in [2.75, 3.05) is 13.7 Å². The lowest BCUT2D eigenvalue weighted by molar-refractivity contribution is -0.250. The predicted octanol–water partition coefficient (Wildman–Crippen LogP) is 3.08. The molecule has 1 saturated heterocycles. The summed E-state index contributed by atoms with van der Waals surface area (Å²) < 4.78 is 12.5. The molecule has 1 aromatic heterocycles. The third-order valence-electron chi connectivity index (χ3n) is 5.27. The van der Waals surface area contributed by atoms with E-state index in [9.17, 15) is 20.4 Å². The minimum atomic E-state index is -1.51. The first-order valence-corrected chi connectivity index (χ1v) is 11.0. The summed E-state index contributed by atoms with van der Waals surface area (Å²) in [5.74, 6) is 0.731. The van der Waals surface area contributed by atoms with Crippen molar-refractivity contribution in [1.29, 1.82) is 0 Å². The van der Waals surface area contributed by atoms with Gasteiger partial charge in [-0.15, -0.1) is 0 Å². The molecule has 0 aliphatic carbocycles. The van der Waals surface area contributed by atoms with Crippen molar-refractivity contribution in [2.45, 2.75) is 40.4 Å². The van der Waals surface area contributed by atoms with Gasteiger partial charge in [0.2, 0.25) is 0 Å². The second kappa shape index (κ2) is 9.17. The summed E-state index contributed by atoms with van der Waals surface area (Å²) in [4.78, 5) is 1.68. The van der Waals surface area contributed by atoms with E-state index in [-0.39, 0.29) is 0 Å². The van der Waals surface area contributed by atoms with Gasteiger partial charge in [0.05, 0.1) is 29.3 Å². The number of aliphatic hydroxyl groups is 4. The Morgan fingerprint density at radius 3 is 2.32 bits per heavy atom. The van der Waals surface area contributed by atoms with Crippen molar-refractivity contribution in [3.8, 4) is 5.75 Å². The van der Waals surface area contributed by atoms with Gasteiger partial charge >= 0.3 is 0 Å². The highest BCUT2D eigenvalue weighted by Crippen LogP contribution is 2.44. The molecular formula is C21H21Cl2NO6S. The molecule has 3 aromatic rings. The van der Waals surface area contributed by atoms with Crippen LogP contribution in [0.25, 0.3) is 10.9 Å². The van der Waals surface area contributed by atoms with Crippen molar-refractivity contribution in [1.82, 2.24) is 4.57 Å². The summed E-state index contributed by atoms with van der Waals surface area (Å²) in [5, 5.41) is 42.0. The first kappa shape index (κ1) is 22.7. The van der Waals surface area contributed by atoms with Gasteiger partial charge in [0.25, 0.3) is 0 Å². The zero-order valence-electron chi connectivity index (χ0n) is 16.4. The van der Waals surface area contributed by atoms with Crippen molar-refractivity contribution in [2.24, 2.45) is 0 Å². The summed E-state index contributed by atoms with van der Waals surface area (Å²) in [6, 6.07) is 10.8. The van der Waals surface area contributed by atoms with Crippen molar-refractivity contribution >= 4 is 45.9 Å².